The second-order valence-corrected chi connectivity index (χ2v) is 5.42. The topological polar surface area (TPSA) is 29.3 Å². The molecular weight excluding hydrogens is 208 g/mol. The molecule has 2 heteroatoms. The average molecular weight is 234 g/mol. The van der Waals surface area contributed by atoms with Gasteiger partial charge in [0.25, 0.3) is 0 Å². The molecule has 0 radical (unpaired) electrons. The number of hydrogen-bond donors (Lipinski definition) is 1. The van der Waals surface area contributed by atoms with Crippen LogP contribution in [0.2, 0.25) is 0 Å². The normalized spacial score (nSPS) is 15.0. The highest BCUT2D eigenvalue weighted by atomic mass is 15.1. The maximum Gasteiger partial charge on any atom is 0.0347 e. The molecule has 2 unspecified atom stereocenters. The molecule has 0 amide bonds. The van der Waals surface area contributed by atoms with E-state index in [9.17, 15) is 0 Å². The molecule has 0 aliphatic carbocycles. The molecule has 2 nitrogen and oxygen atoms in total. The van der Waals surface area contributed by atoms with Gasteiger partial charge in [-0.15, -0.1) is 0 Å². The summed E-state index contributed by atoms with van der Waals surface area (Å²) in [7, 11) is 4.29. The third-order valence-electron chi connectivity index (χ3n) is 3.44. The molecule has 1 rings (SSSR count). The van der Waals surface area contributed by atoms with Gasteiger partial charge in [-0.1, -0.05) is 30.7 Å². The van der Waals surface area contributed by atoms with Gasteiger partial charge >= 0.3 is 0 Å². The van der Waals surface area contributed by atoms with Crippen LogP contribution in [0.3, 0.4) is 0 Å². The highest BCUT2D eigenvalue weighted by Gasteiger charge is 2.18. The van der Waals surface area contributed by atoms with Gasteiger partial charge < -0.3 is 10.6 Å². The van der Waals surface area contributed by atoms with E-state index in [1.807, 2.05) is 0 Å². The summed E-state index contributed by atoms with van der Waals surface area (Å²) >= 11 is 0. The summed E-state index contributed by atoms with van der Waals surface area (Å²) in [5.41, 5.74) is 9.89. The summed E-state index contributed by atoms with van der Waals surface area (Å²) in [5, 5.41) is 0. The van der Waals surface area contributed by atoms with E-state index in [0.717, 1.165) is 13.0 Å². The minimum atomic E-state index is 0.467. The fourth-order valence-corrected chi connectivity index (χ4v) is 2.29. The summed E-state index contributed by atoms with van der Waals surface area (Å²) < 4.78 is 0. The summed E-state index contributed by atoms with van der Waals surface area (Å²) in [6.07, 6.45) is 1.12. The molecule has 0 bridgehead atoms. The Morgan fingerprint density at radius 2 is 1.88 bits per heavy atom. The van der Waals surface area contributed by atoms with Crippen LogP contribution in [0.4, 0.5) is 0 Å². The van der Waals surface area contributed by atoms with Crippen molar-refractivity contribution in [3.05, 3.63) is 34.9 Å². The number of aryl methyl sites for hydroxylation is 2. The van der Waals surface area contributed by atoms with Gasteiger partial charge in [0.2, 0.25) is 0 Å². The van der Waals surface area contributed by atoms with Crippen molar-refractivity contribution in [1.29, 1.82) is 0 Å². The van der Waals surface area contributed by atoms with Gasteiger partial charge in [0, 0.05) is 6.04 Å². The van der Waals surface area contributed by atoms with Crippen molar-refractivity contribution in [3.8, 4) is 0 Å². The van der Waals surface area contributed by atoms with Crippen molar-refractivity contribution < 1.29 is 0 Å². The van der Waals surface area contributed by atoms with Crippen LogP contribution >= 0.6 is 0 Å². The van der Waals surface area contributed by atoms with Gasteiger partial charge in [-0.25, -0.2) is 0 Å². The fourth-order valence-electron chi connectivity index (χ4n) is 2.29. The van der Waals surface area contributed by atoms with Crippen LogP contribution in [0.25, 0.3) is 0 Å². The van der Waals surface area contributed by atoms with Crippen LogP contribution in [0, 0.1) is 19.8 Å². The summed E-state index contributed by atoms with van der Waals surface area (Å²) in [4.78, 5) is 2.30. The van der Waals surface area contributed by atoms with Gasteiger partial charge in [0.15, 0.2) is 0 Å². The van der Waals surface area contributed by atoms with Gasteiger partial charge in [-0.3, -0.25) is 0 Å². The van der Waals surface area contributed by atoms with E-state index >= 15 is 0 Å². The SMILES string of the molecule is Cc1ccc(C(CC(C)CN)N(C)C)c(C)c1. The molecule has 96 valence electrons. The molecule has 0 saturated heterocycles. The van der Waals surface area contributed by atoms with Gasteiger partial charge in [0.05, 0.1) is 0 Å². The minimum absolute atomic E-state index is 0.467. The van der Waals surface area contributed by atoms with E-state index in [1.54, 1.807) is 0 Å². The number of hydrogen-bond acceptors (Lipinski definition) is 2. The van der Waals surface area contributed by atoms with Crippen molar-refractivity contribution in [1.82, 2.24) is 4.90 Å². The molecule has 17 heavy (non-hydrogen) atoms. The largest absolute Gasteiger partial charge is 0.330 e. The zero-order valence-corrected chi connectivity index (χ0v) is 11.8. The van der Waals surface area contributed by atoms with E-state index in [4.69, 9.17) is 5.73 Å². The Hall–Kier alpha value is -0.860. The third-order valence-corrected chi connectivity index (χ3v) is 3.44. The number of rotatable bonds is 5. The van der Waals surface area contributed by atoms with E-state index < -0.39 is 0 Å². The first-order valence-electron chi connectivity index (χ1n) is 6.39. The van der Waals surface area contributed by atoms with Crippen molar-refractivity contribution >= 4 is 0 Å². The van der Waals surface area contributed by atoms with Crippen LogP contribution in [-0.2, 0) is 0 Å². The fraction of sp³-hybridized carbons (Fsp3) is 0.600. The Bertz CT molecular complexity index is 358. The predicted octanol–water partition coefficient (Wildman–Crippen LogP) is 2.89. The highest BCUT2D eigenvalue weighted by Crippen LogP contribution is 2.28. The molecular formula is C15H26N2. The molecule has 2 atom stereocenters. The first-order valence-corrected chi connectivity index (χ1v) is 6.39. The van der Waals surface area contributed by atoms with Crippen LogP contribution < -0.4 is 5.73 Å². The second kappa shape index (κ2) is 6.18. The van der Waals surface area contributed by atoms with Crippen LogP contribution in [0.1, 0.15) is 36.1 Å². The summed E-state index contributed by atoms with van der Waals surface area (Å²) in [5.74, 6) is 0.558. The minimum Gasteiger partial charge on any atom is -0.330 e. The van der Waals surface area contributed by atoms with E-state index in [2.05, 4.69) is 58.0 Å². The van der Waals surface area contributed by atoms with Crippen LogP contribution in [0.5, 0.6) is 0 Å². The molecule has 1 aromatic carbocycles. The maximum atomic E-state index is 5.74. The Balaban J connectivity index is 2.97. The Morgan fingerprint density at radius 3 is 2.35 bits per heavy atom. The smallest absolute Gasteiger partial charge is 0.0347 e. The molecule has 0 aromatic heterocycles. The molecule has 0 fully saturated rings. The third kappa shape index (κ3) is 3.83. The van der Waals surface area contributed by atoms with E-state index in [-0.39, 0.29) is 0 Å². The quantitative estimate of drug-likeness (QED) is 0.849. The van der Waals surface area contributed by atoms with Crippen molar-refractivity contribution in [2.45, 2.75) is 33.2 Å². The van der Waals surface area contributed by atoms with Crippen molar-refractivity contribution in [2.75, 3.05) is 20.6 Å². The molecule has 0 aliphatic heterocycles. The predicted molar refractivity (Wildman–Crippen MR) is 75.2 cm³/mol. The number of benzene rings is 1. The Labute approximate surface area is 106 Å². The monoisotopic (exact) mass is 234 g/mol. The highest BCUT2D eigenvalue weighted by molar-refractivity contribution is 5.32. The second-order valence-electron chi connectivity index (χ2n) is 5.42. The Morgan fingerprint density at radius 1 is 1.24 bits per heavy atom. The zero-order valence-electron chi connectivity index (χ0n) is 11.8. The zero-order chi connectivity index (χ0) is 13.0. The molecule has 2 N–H and O–H groups in total. The van der Waals surface area contributed by atoms with Crippen LogP contribution in [0.15, 0.2) is 18.2 Å². The molecule has 1 aromatic rings. The Kier molecular flexibility index (Phi) is 5.16. The molecule has 0 heterocycles. The standard InChI is InChI=1S/C15H26N2/c1-11-6-7-14(13(3)8-11)15(17(4)5)9-12(2)10-16/h6-8,12,15H,9-10,16H2,1-5H3. The maximum absolute atomic E-state index is 5.74. The van der Waals surface area contributed by atoms with Gasteiger partial charge in [-0.2, -0.15) is 0 Å². The lowest BCUT2D eigenvalue weighted by Gasteiger charge is -2.28. The molecule has 0 saturated carbocycles. The molecule has 0 spiro atoms. The lowest BCUT2D eigenvalue weighted by molar-refractivity contribution is 0.254. The van der Waals surface area contributed by atoms with Gasteiger partial charge in [-0.05, 0) is 58.0 Å². The number of nitrogens with two attached hydrogens (primary N) is 1. The average Bonchev–Trinajstić information content (AvgIpc) is 2.26. The lowest BCUT2D eigenvalue weighted by atomic mass is 9.91. The molecule has 0 aliphatic rings. The van der Waals surface area contributed by atoms with Crippen LogP contribution in [-0.4, -0.2) is 25.5 Å². The first kappa shape index (κ1) is 14.2. The first-order chi connectivity index (χ1) is 7.95. The van der Waals surface area contributed by atoms with Crippen molar-refractivity contribution in [2.24, 2.45) is 11.7 Å². The number of nitrogens with zero attached hydrogens (tertiary/aromatic N) is 1. The van der Waals surface area contributed by atoms with Crippen molar-refractivity contribution in [3.63, 3.8) is 0 Å². The van der Waals surface area contributed by atoms with E-state index in [1.165, 1.54) is 16.7 Å². The lowest BCUT2D eigenvalue weighted by Crippen LogP contribution is -2.25. The van der Waals surface area contributed by atoms with Gasteiger partial charge in [0.1, 0.15) is 0 Å². The summed E-state index contributed by atoms with van der Waals surface area (Å²) in [6, 6.07) is 7.19. The van der Waals surface area contributed by atoms with E-state index in [0.29, 0.717) is 12.0 Å². The summed E-state index contributed by atoms with van der Waals surface area (Å²) in [6.45, 7) is 7.32.